The number of ether oxygens (including phenoxy) is 1. The van der Waals surface area contributed by atoms with Crippen LogP contribution in [0.25, 0.3) is 0 Å². The number of nitrogens with one attached hydrogen (secondary N) is 1. The molecule has 0 spiro atoms. The molecule has 6 nitrogen and oxygen atoms in total. The van der Waals surface area contributed by atoms with E-state index in [1.807, 2.05) is 6.92 Å². The highest BCUT2D eigenvalue weighted by Crippen LogP contribution is 2.14. The molecular formula is C14H26N2O4. The first-order chi connectivity index (χ1) is 9.54. The van der Waals surface area contributed by atoms with Crippen molar-refractivity contribution in [2.24, 2.45) is 11.8 Å². The molecule has 0 aromatic carbocycles. The van der Waals surface area contributed by atoms with Crippen LogP contribution in [0.5, 0.6) is 0 Å². The van der Waals surface area contributed by atoms with Crippen molar-refractivity contribution in [3.63, 3.8) is 0 Å². The van der Waals surface area contributed by atoms with E-state index in [1.54, 1.807) is 11.9 Å². The van der Waals surface area contributed by atoms with Crippen molar-refractivity contribution in [1.82, 2.24) is 10.2 Å². The van der Waals surface area contributed by atoms with Crippen LogP contribution >= 0.6 is 0 Å². The molecule has 0 bridgehead atoms. The molecule has 2 amide bonds. The number of urea groups is 1. The van der Waals surface area contributed by atoms with Gasteiger partial charge in [-0.05, 0) is 19.3 Å². The second-order valence-electron chi connectivity index (χ2n) is 5.47. The van der Waals surface area contributed by atoms with Gasteiger partial charge in [0.1, 0.15) is 0 Å². The Labute approximate surface area is 120 Å². The van der Waals surface area contributed by atoms with E-state index in [2.05, 4.69) is 5.32 Å². The third kappa shape index (κ3) is 5.77. The Bertz CT molecular complexity index is 316. The lowest BCUT2D eigenvalue weighted by Crippen LogP contribution is -2.43. The quantitative estimate of drug-likeness (QED) is 0.744. The molecule has 2 N–H and O–H groups in total. The predicted molar refractivity (Wildman–Crippen MR) is 75.6 cm³/mol. The van der Waals surface area contributed by atoms with Crippen LogP contribution in [0.15, 0.2) is 0 Å². The highest BCUT2D eigenvalue weighted by atomic mass is 16.5. The van der Waals surface area contributed by atoms with Gasteiger partial charge in [0.25, 0.3) is 0 Å². The summed E-state index contributed by atoms with van der Waals surface area (Å²) >= 11 is 0. The van der Waals surface area contributed by atoms with Gasteiger partial charge in [0.15, 0.2) is 0 Å². The van der Waals surface area contributed by atoms with E-state index < -0.39 is 11.9 Å². The molecule has 1 rings (SSSR count). The number of carbonyl (C=O) groups excluding carboxylic acids is 1. The van der Waals surface area contributed by atoms with Gasteiger partial charge in [-0.15, -0.1) is 0 Å². The molecule has 0 aromatic heterocycles. The summed E-state index contributed by atoms with van der Waals surface area (Å²) in [6, 6.07) is -0.210. The van der Waals surface area contributed by atoms with Gasteiger partial charge < -0.3 is 20.1 Å². The number of hydrogen-bond donors (Lipinski definition) is 2. The molecule has 1 fully saturated rings. The van der Waals surface area contributed by atoms with E-state index in [0.29, 0.717) is 25.5 Å². The molecule has 20 heavy (non-hydrogen) atoms. The summed E-state index contributed by atoms with van der Waals surface area (Å²) < 4.78 is 5.39. The van der Waals surface area contributed by atoms with Crippen molar-refractivity contribution < 1.29 is 19.4 Å². The van der Waals surface area contributed by atoms with Crippen LogP contribution in [0.1, 0.15) is 32.6 Å². The molecule has 0 radical (unpaired) electrons. The molecule has 6 heteroatoms. The molecule has 1 aliphatic rings. The lowest BCUT2D eigenvalue weighted by atomic mass is 10.0. The summed E-state index contributed by atoms with van der Waals surface area (Å²) in [5.74, 6) is -0.976. The van der Waals surface area contributed by atoms with Crippen molar-refractivity contribution in [3.05, 3.63) is 0 Å². The largest absolute Gasteiger partial charge is 0.481 e. The Kier molecular flexibility index (Phi) is 7.36. The normalized spacial score (nSPS) is 20.2. The van der Waals surface area contributed by atoms with Crippen LogP contribution in [-0.4, -0.2) is 55.4 Å². The molecular weight excluding hydrogens is 260 g/mol. The molecule has 1 saturated heterocycles. The summed E-state index contributed by atoms with van der Waals surface area (Å²) in [7, 11) is 1.74. The first-order valence-corrected chi connectivity index (χ1v) is 7.34. The summed E-state index contributed by atoms with van der Waals surface area (Å²) in [6.45, 7) is 4.28. The summed E-state index contributed by atoms with van der Waals surface area (Å²) in [5, 5.41) is 11.7. The second-order valence-corrected chi connectivity index (χ2v) is 5.47. The highest BCUT2D eigenvalue weighted by molar-refractivity contribution is 5.75. The first kappa shape index (κ1) is 16.8. The molecule has 2 unspecified atom stereocenters. The highest BCUT2D eigenvalue weighted by Gasteiger charge is 2.21. The Morgan fingerprint density at radius 3 is 2.80 bits per heavy atom. The fourth-order valence-electron chi connectivity index (χ4n) is 2.43. The zero-order chi connectivity index (χ0) is 15.0. The van der Waals surface area contributed by atoms with E-state index in [1.165, 1.54) is 0 Å². The van der Waals surface area contributed by atoms with Gasteiger partial charge in [-0.25, -0.2) is 4.79 Å². The van der Waals surface area contributed by atoms with Crippen molar-refractivity contribution in [2.45, 2.75) is 32.6 Å². The van der Waals surface area contributed by atoms with Gasteiger partial charge >= 0.3 is 12.0 Å². The fraction of sp³-hybridized carbons (Fsp3) is 0.857. The van der Waals surface area contributed by atoms with Crippen LogP contribution in [0.2, 0.25) is 0 Å². The van der Waals surface area contributed by atoms with Gasteiger partial charge in [-0.1, -0.05) is 13.3 Å². The Hall–Kier alpha value is -1.30. The maximum atomic E-state index is 11.9. The third-order valence-electron chi connectivity index (χ3n) is 3.62. The first-order valence-electron chi connectivity index (χ1n) is 7.34. The van der Waals surface area contributed by atoms with Gasteiger partial charge in [0.2, 0.25) is 0 Å². The number of carboxylic acid groups (broad SMARTS) is 1. The number of amides is 2. The van der Waals surface area contributed by atoms with Crippen LogP contribution in [0.4, 0.5) is 4.79 Å². The number of nitrogens with zero attached hydrogens (tertiary/aromatic N) is 1. The number of rotatable bonds is 7. The lowest BCUT2D eigenvalue weighted by molar-refractivity contribution is -0.141. The fourth-order valence-corrected chi connectivity index (χ4v) is 2.43. The summed E-state index contributed by atoms with van der Waals surface area (Å²) in [6.07, 6.45) is 3.49. The smallest absolute Gasteiger partial charge is 0.317 e. The van der Waals surface area contributed by atoms with Crippen LogP contribution in [0, 0.1) is 11.8 Å². The van der Waals surface area contributed by atoms with Gasteiger partial charge in [-0.2, -0.15) is 0 Å². The number of hydrogen-bond acceptors (Lipinski definition) is 3. The summed E-state index contributed by atoms with van der Waals surface area (Å²) in [4.78, 5) is 24.6. The standard InChI is InChI=1S/C14H26N2O4/c1-3-5-12(13(17)18)8-15-14(19)16(2)9-11-6-4-7-20-10-11/h11-12H,3-10H2,1-2H3,(H,15,19)(H,17,18). The molecule has 116 valence electrons. The van der Waals surface area contributed by atoms with Crippen molar-refractivity contribution in [1.29, 1.82) is 0 Å². The van der Waals surface area contributed by atoms with E-state index >= 15 is 0 Å². The van der Waals surface area contributed by atoms with E-state index in [4.69, 9.17) is 9.84 Å². The molecule has 2 atom stereocenters. The number of aliphatic carboxylic acids is 1. The van der Waals surface area contributed by atoms with Crippen LogP contribution in [0.3, 0.4) is 0 Å². The van der Waals surface area contributed by atoms with Crippen LogP contribution in [-0.2, 0) is 9.53 Å². The van der Waals surface area contributed by atoms with Crippen molar-refractivity contribution in [3.8, 4) is 0 Å². The maximum absolute atomic E-state index is 11.9. The van der Waals surface area contributed by atoms with Gasteiger partial charge in [0.05, 0.1) is 12.5 Å². The summed E-state index contributed by atoms with van der Waals surface area (Å²) in [5.41, 5.74) is 0. The maximum Gasteiger partial charge on any atom is 0.317 e. The van der Waals surface area contributed by atoms with E-state index in [-0.39, 0.29) is 12.6 Å². The zero-order valence-electron chi connectivity index (χ0n) is 12.4. The minimum absolute atomic E-state index is 0.188. The van der Waals surface area contributed by atoms with E-state index in [0.717, 1.165) is 25.9 Å². The topological polar surface area (TPSA) is 78.9 Å². The monoisotopic (exact) mass is 286 g/mol. The minimum Gasteiger partial charge on any atom is -0.481 e. The van der Waals surface area contributed by atoms with Gasteiger partial charge in [0, 0.05) is 32.7 Å². The average Bonchev–Trinajstić information content (AvgIpc) is 2.43. The molecule has 0 aliphatic carbocycles. The molecule has 0 saturated carbocycles. The average molecular weight is 286 g/mol. The SMILES string of the molecule is CCCC(CNC(=O)N(C)CC1CCCOC1)C(=O)O. The van der Waals surface area contributed by atoms with E-state index in [9.17, 15) is 9.59 Å². The Morgan fingerprint density at radius 1 is 1.50 bits per heavy atom. The van der Waals surface area contributed by atoms with Gasteiger partial charge in [-0.3, -0.25) is 4.79 Å². The number of carbonyl (C=O) groups is 2. The van der Waals surface area contributed by atoms with Crippen LogP contribution < -0.4 is 5.32 Å². The van der Waals surface area contributed by atoms with Crippen molar-refractivity contribution in [2.75, 3.05) is 33.4 Å². The minimum atomic E-state index is -0.851. The Morgan fingerprint density at radius 2 is 2.25 bits per heavy atom. The number of carboxylic acids is 1. The predicted octanol–water partition coefficient (Wildman–Crippen LogP) is 1.56. The lowest BCUT2D eigenvalue weighted by Gasteiger charge is -2.27. The van der Waals surface area contributed by atoms with Crippen molar-refractivity contribution >= 4 is 12.0 Å². The second kappa shape index (κ2) is 8.79. The zero-order valence-corrected chi connectivity index (χ0v) is 12.4. The third-order valence-corrected chi connectivity index (χ3v) is 3.62. The molecule has 1 aliphatic heterocycles. The molecule has 1 heterocycles. The molecule has 0 aromatic rings. The Balaban J connectivity index is 2.31.